The van der Waals surface area contributed by atoms with Gasteiger partial charge in [0.1, 0.15) is 16.9 Å². The number of rotatable bonds is 5. The molecule has 1 amide bonds. The molecule has 1 aliphatic carbocycles. The fraction of sp³-hybridized carbons (Fsp3) is 0.550. The summed E-state index contributed by atoms with van der Waals surface area (Å²) in [6.45, 7) is 3.39. The van der Waals surface area contributed by atoms with Crippen molar-refractivity contribution < 1.29 is 19.1 Å². The lowest BCUT2D eigenvalue weighted by Crippen LogP contribution is -2.53. The Bertz CT molecular complexity index is 717. The fourth-order valence-corrected chi connectivity index (χ4v) is 3.40. The second-order valence-corrected chi connectivity index (χ2v) is 6.85. The van der Waals surface area contributed by atoms with E-state index in [2.05, 4.69) is 6.07 Å². The number of nitriles is 1. The molecule has 1 aromatic rings. The summed E-state index contributed by atoms with van der Waals surface area (Å²) in [6, 6.07) is 7.50. The predicted octanol–water partition coefficient (Wildman–Crippen LogP) is 3.23. The van der Waals surface area contributed by atoms with Gasteiger partial charge in [-0.25, -0.2) is 4.79 Å². The zero-order valence-corrected chi connectivity index (χ0v) is 15.9. The molecule has 6 heteroatoms. The number of carbonyl (C=O) groups is 2. The summed E-state index contributed by atoms with van der Waals surface area (Å²) >= 11 is 0. The van der Waals surface area contributed by atoms with E-state index in [1.807, 2.05) is 13.0 Å². The summed E-state index contributed by atoms with van der Waals surface area (Å²) < 4.78 is 10.6. The number of hydrogen-bond acceptors (Lipinski definition) is 5. The van der Waals surface area contributed by atoms with Gasteiger partial charge in [-0.3, -0.25) is 4.79 Å². The molecule has 0 unspecified atom stereocenters. The van der Waals surface area contributed by atoms with Crippen molar-refractivity contribution in [2.24, 2.45) is 0 Å². The van der Waals surface area contributed by atoms with Crippen LogP contribution >= 0.6 is 0 Å². The summed E-state index contributed by atoms with van der Waals surface area (Å²) in [5.74, 6) is -0.586. The van der Waals surface area contributed by atoms with Gasteiger partial charge in [0.2, 0.25) is 0 Å². The lowest BCUT2D eigenvalue weighted by Gasteiger charge is -2.39. The number of likely N-dealkylation sites (N-methyl/N-ethyl adjacent to an activating group) is 1. The van der Waals surface area contributed by atoms with Gasteiger partial charge in [0.15, 0.2) is 6.10 Å². The molecular formula is C20H26N2O4. The van der Waals surface area contributed by atoms with Gasteiger partial charge >= 0.3 is 5.97 Å². The normalized spacial score (nSPS) is 16.9. The summed E-state index contributed by atoms with van der Waals surface area (Å²) in [5.41, 5.74) is 0.360. The van der Waals surface area contributed by atoms with Crippen molar-refractivity contribution in [2.45, 2.75) is 57.6 Å². The molecular weight excluding hydrogens is 332 g/mol. The van der Waals surface area contributed by atoms with Crippen LogP contribution in [0.25, 0.3) is 0 Å². The first-order valence-electron chi connectivity index (χ1n) is 8.89. The minimum atomic E-state index is -0.982. The van der Waals surface area contributed by atoms with Crippen LogP contribution in [0.3, 0.4) is 0 Å². The van der Waals surface area contributed by atoms with Crippen LogP contribution in [0.1, 0.15) is 54.9 Å². The number of carbonyl (C=O) groups excluding carboxylic acids is 2. The van der Waals surface area contributed by atoms with Crippen molar-refractivity contribution in [2.75, 3.05) is 14.2 Å². The molecule has 0 heterocycles. The molecule has 1 saturated carbocycles. The van der Waals surface area contributed by atoms with Crippen LogP contribution < -0.4 is 4.74 Å². The van der Waals surface area contributed by atoms with E-state index in [4.69, 9.17) is 9.47 Å². The summed E-state index contributed by atoms with van der Waals surface area (Å²) in [5, 5.41) is 9.63. The van der Waals surface area contributed by atoms with Gasteiger partial charge in [-0.05, 0) is 38.8 Å². The maximum absolute atomic E-state index is 12.8. The molecule has 0 saturated heterocycles. The molecule has 0 aliphatic heterocycles. The van der Waals surface area contributed by atoms with Gasteiger partial charge in [-0.15, -0.1) is 0 Å². The molecule has 26 heavy (non-hydrogen) atoms. The maximum Gasteiger partial charge on any atom is 0.342 e. The van der Waals surface area contributed by atoms with E-state index in [1.165, 1.54) is 18.9 Å². The SMILES string of the molecule is COc1ccc(C)cc1C(=O)O[C@H](C)C(=O)N(C)C1(C#N)CCCCC1. The van der Waals surface area contributed by atoms with Crippen molar-refractivity contribution in [3.63, 3.8) is 0 Å². The van der Waals surface area contributed by atoms with E-state index >= 15 is 0 Å². The zero-order valence-electron chi connectivity index (χ0n) is 15.9. The van der Waals surface area contributed by atoms with Crippen LogP contribution in [-0.2, 0) is 9.53 Å². The Kier molecular flexibility index (Phi) is 6.25. The zero-order chi connectivity index (χ0) is 19.3. The molecule has 6 nitrogen and oxygen atoms in total. The minimum Gasteiger partial charge on any atom is -0.496 e. The molecule has 0 N–H and O–H groups in total. The third-order valence-corrected chi connectivity index (χ3v) is 5.07. The number of aryl methyl sites for hydroxylation is 1. The number of nitrogens with zero attached hydrogens (tertiary/aromatic N) is 2. The average molecular weight is 358 g/mol. The Morgan fingerprint density at radius 1 is 1.27 bits per heavy atom. The number of amides is 1. The van der Waals surface area contributed by atoms with Gasteiger partial charge in [0, 0.05) is 7.05 Å². The van der Waals surface area contributed by atoms with Gasteiger partial charge in [-0.1, -0.05) is 30.9 Å². The smallest absolute Gasteiger partial charge is 0.342 e. The monoisotopic (exact) mass is 358 g/mol. The molecule has 1 atom stereocenters. The molecule has 1 fully saturated rings. The molecule has 1 aromatic carbocycles. The second-order valence-electron chi connectivity index (χ2n) is 6.85. The number of esters is 1. The lowest BCUT2D eigenvalue weighted by atomic mass is 9.81. The van der Waals surface area contributed by atoms with Gasteiger partial charge < -0.3 is 14.4 Å². The fourth-order valence-electron chi connectivity index (χ4n) is 3.40. The highest BCUT2D eigenvalue weighted by Crippen LogP contribution is 2.33. The third-order valence-electron chi connectivity index (χ3n) is 5.07. The molecule has 2 rings (SSSR count). The molecule has 0 spiro atoms. The van der Waals surface area contributed by atoms with Crippen molar-refractivity contribution in [3.05, 3.63) is 29.3 Å². The highest BCUT2D eigenvalue weighted by atomic mass is 16.5. The summed E-state index contributed by atoms with van der Waals surface area (Å²) in [6.07, 6.45) is 3.23. The Hall–Kier alpha value is -2.55. The Balaban J connectivity index is 2.12. The first-order valence-corrected chi connectivity index (χ1v) is 8.89. The number of ether oxygens (including phenoxy) is 2. The molecule has 140 valence electrons. The molecule has 0 bridgehead atoms. The highest BCUT2D eigenvalue weighted by molar-refractivity contribution is 5.95. The van der Waals surface area contributed by atoms with E-state index in [0.29, 0.717) is 18.6 Å². The Morgan fingerprint density at radius 3 is 2.50 bits per heavy atom. The van der Waals surface area contributed by atoms with E-state index in [1.54, 1.807) is 19.2 Å². The van der Waals surface area contributed by atoms with E-state index in [9.17, 15) is 14.9 Å². The Labute approximate surface area is 154 Å². The maximum atomic E-state index is 12.8. The molecule has 0 radical (unpaired) electrons. The first-order chi connectivity index (χ1) is 12.3. The highest BCUT2D eigenvalue weighted by Gasteiger charge is 2.40. The second kappa shape index (κ2) is 8.22. The van der Waals surface area contributed by atoms with Crippen LogP contribution in [-0.4, -0.2) is 42.6 Å². The standard InChI is InChI=1S/C20H26N2O4/c1-14-8-9-17(25-4)16(12-14)19(24)26-15(2)18(23)22(3)20(13-21)10-6-5-7-11-20/h8-9,12,15H,5-7,10-11H2,1-4H3/t15-/m1/s1. The topological polar surface area (TPSA) is 79.6 Å². The van der Waals surface area contributed by atoms with Crippen molar-refractivity contribution in [1.82, 2.24) is 4.90 Å². The van der Waals surface area contributed by atoms with Crippen LogP contribution in [0, 0.1) is 18.3 Å². The molecule has 1 aliphatic rings. The Morgan fingerprint density at radius 2 is 1.92 bits per heavy atom. The van der Waals surface area contributed by atoms with E-state index in [0.717, 1.165) is 24.8 Å². The first kappa shape index (κ1) is 19.8. The van der Waals surface area contributed by atoms with Gasteiger partial charge in [-0.2, -0.15) is 5.26 Å². The quantitative estimate of drug-likeness (QED) is 0.755. The largest absolute Gasteiger partial charge is 0.496 e. The number of hydrogen-bond donors (Lipinski definition) is 0. The summed E-state index contributed by atoms with van der Waals surface area (Å²) in [7, 11) is 3.10. The van der Waals surface area contributed by atoms with Gasteiger partial charge in [0.25, 0.3) is 5.91 Å². The number of methoxy groups -OCH3 is 1. The van der Waals surface area contributed by atoms with Crippen LogP contribution in [0.4, 0.5) is 0 Å². The van der Waals surface area contributed by atoms with Crippen LogP contribution in [0.2, 0.25) is 0 Å². The predicted molar refractivity (Wildman–Crippen MR) is 96.8 cm³/mol. The van der Waals surface area contributed by atoms with E-state index < -0.39 is 17.6 Å². The van der Waals surface area contributed by atoms with Crippen molar-refractivity contribution >= 4 is 11.9 Å². The van der Waals surface area contributed by atoms with E-state index in [-0.39, 0.29) is 11.5 Å². The lowest BCUT2D eigenvalue weighted by molar-refractivity contribution is -0.143. The van der Waals surface area contributed by atoms with Crippen LogP contribution in [0.15, 0.2) is 18.2 Å². The average Bonchev–Trinajstić information content (AvgIpc) is 2.67. The van der Waals surface area contributed by atoms with Gasteiger partial charge in [0.05, 0.1) is 13.2 Å². The molecule has 0 aromatic heterocycles. The van der Waals surface area contributed by atoms with Crippen molar-refractivity contribution in [3.8, 4) is 11.8 Å². The third kappa shape index (κ3) is 3.98. The van der Waals surface area contributed by atoms with Crippen molar-refractivity contribution in [1.29, 1.82) is 5.26 Å². The number of benzene rings is 1. The minimum absolute atomic E-state index is 0.280. The van der Waals surface area contributed by atoms with Crippen LogP contribution in [0.5, 0.6) is 5.75 Å². The summed E-state index contributed by atoms with van der Waals surface area (Å²) in [4.78, 5) is 26.7.